The van der Waals surface area contributed by atoms with Gasteiger partial charge in [0.15, 0.2) is 6.29 Å². The van der Waals surface area contributed by atoms with Crippen molar-refractivity contribution in [1.82, 2.24) is 0 Å². The first-order valence-electron chi connectivity index (χ1n) is 11.0. The zero-order valence-corrected chi connectivity index (χ0v) is 18.1. The molecule has 168 valence electrons. The minimum atomic E-state index is -0.919. The Morgan fingerprint density at radius 3 is 1.75 bits per heavy atom. The van der Waals surface area contributed by atoms with Crippen LogP contribution in [0.5, 0.6) is 0 Å². The van der Waals surface area contributed by atoms with Crippen molar-refractivity contribution in [3.05, 3.63) is 108 Å². The average Bonchev–Trinajstić information content (AvgIpc) is 2.84. The molecule has 1 N–H and O–H groups in total. The number of benzene rings is 3. The summed E-state index contributed by atoms with van der Waals surface area (Å²) in [5.41, 5.74) is 3.24. The van der Waals surface area contributed by atoms with Crippen LogP contribution < -0.4 is 0 Å². The van der Waals surface area contributed by atoms with Crippen LogP contribution in [-0.4, -0.2) is 36.3 Å². The monoisotopic (exact) mass is 434 g/mol. The quantitative estimate of drug-likeness (QED) is 0.510. The molecule has 0 spiro atoms. The fourth-order valence-corrected chi connectivity index (χ4v) is 3.83. The van der Waals surface area contributed by atoms with Gasteiger partial charge in [-0.2, -0.15) is 0 Å². The van der Waals surface area contributed by atoms with Gasteiger partial charge in [-0.25, -0.2) is 0 Å². The molecular weight excluding hydrogens is 404 g/mol. The van der Waals surface area contributed by atoms with E-state index in [0.717, 1.165) is 16.7 Å². The Morgan fingerprint density at radius 2 is 1.19 bits per heavy atom. The summed E-state index contributed by atoms with van der Waals surface area (Å²) in [6.07, 6.45) is -1.68. The molecule has 0 amide bonds. The Balaban J connectivity index is 1.42. The summed E-state index contributed by atoms with van der Waals surface area (Å²) in [6.45, 7) is 1.65. The third-order valence-electron chi connectivity index (χ3n) is 5.48. The molecule has 3 aromatic carbocycles. The third kappa shape index (κ3) is 6.73. The standard InChI is InChI=1S/C27H30O5/c28-26-16-24(30-18-22-12-6-2-7-13-22)27(31-19-23-14-8-3-9-15-23)25(32-26)20-29-17-21-10-4-1-5-11-21/h1-15,24-28H,16-20H2/t24?,25?,26?,27-/m0/s1. The second-order valence-corrected chi connectivity index (χ2v) is 7.96. The van der Waals surface area contributed by atoms with Crippen LogP contribution in [0, 0.1) is 0 Å². The van der Waals surface area contributed by atoms with Crippen molar-refractivity contribution in [3.63, 3.8) is 0 Å². The lowest BCUT2D eigenvalue weighted by molar-refractivity contribution is -0.265. The number of rotatable bonds is 10. The van der Waals surface area contributed by atoms with E-state index in [1.165, 1.54) is 0 Å². The Labute approximate surface area is 189 Å². The lowest BCUT2D eigenvalue weighted by atomic mass is 10.0. The minimum Gasteiger partial charge on any atom is -0.374 e. The first-order chi connectivity index (χ1) is 15.8. The lowest BCUT2D eigenvalue weighted by Crippen LogP contribution is -2.52. The highest BCUT2D eigenvalue weighted by Gasteiger charge is 2.40. The number of aliphatic hydroxyl groups excluding tert-OH is 1. The van der Waals surface area contributed by atoms with E-state index in [-0.39, 0.29) is 12.2 Å². The summed E-state index contributed by atoms with van der Waals surface area (Å²) >= 11 is 0. The van der Waals surface area contributed by atoms with Gasteiger partial charge >= 0.3 is 0 Å². The molecule has 0 saturated carbocycles. The molecule has 5 nitrogen and oxygen atoms in total. The third-order valence-corrected chi connectivity index (χ3v) is 5.48. The summed E-state index contributed by atoms with van der Waals surface area (Å²) in [4.78, 5) is 0. The van der Waals surface area contributed by atoms with Crippen molar-refractivity contribution in [1.29, 1.82) is 0 Å². The van der Waals surface area contributed by atoms with Crippen LogP contribution in [-0.2, 0) is 38.8 Å². The highest BCUT2D eigenvalue weighted by molar-refractivity contribution is 5.15. The number of hydrogen-bond donors (Lipinski definition) is 1. The molecule has 3 unspecified atom stereocenters. The Hall–Kier alpha value is -2.54. The topological polar surface area (TPSA) is 57.2 Å². The van der Waals surface area contributed by atoms with Crippen LogP contribution in [0.25, 0.3) is 0 Å². The van der Waals surface area contributed by atoms with E-state index in [4.69, 9.17) is 18.9 Å². The highest BCUT2D eigenvalue weighted by atomic mass is 16.6. The van der Waals surface area contributed by atoms with Crippen LogP contribution in [0.4, 0.5) is 0 Å². The van der Waals surface area contributed by atoms with Crippen molar-refractivity contribution < 1.29 is 24.1 Å². The second-order valence-electron chi connectivity index (χ2n) is 7.96. The predicted molar refractivity (Wildman–Crippen MR) is 122 cm³/mol. The molecule has 1 heterocycles. The smallest absolute Gasteiger partial charge is 0.157 e. The largest absolute Gasteiger partial charge is 0.374 e. The zero-order valence-electron chi connectivity index (χ0n) is 18.1. The first kappa shape index (κ1) is 22.6. The molecule has 0 aromatic heterocycles. The minimum absolute atomic E-state index is 0.302. The van der Waals surface area contributed by atoms with Gasteiger partial charge in [0.1, 0.15) is 12.2 Å². The maximum atomic E-state index is 10.4. The van der Waals surface area contributed by atoms with Crippen LogP contribution in [0.1, 0.15) is 23.1 Å². The fraction of sp³-hybridized carbons (Fsp3) is 0.333. The molecule has 1 fully saturated rings. The normalized spacial score (nSPS) is 23.2. The van der Waals surface area contributed by atoms with Crippen molar-refractivity contribution in [2.24, 2.45) is 0 Å². The van der Waals surface area contributed by atoms with Crippen LogP contribution in [0.15, 0.2) is 91.0 Å². The van der Waals surface area contributed by atoms with Gasteiger partial charge in [0, 0.05) is 6.42 Å². The van der Waals surface area contributed by atoms with E-state index in [0.29, 0.717) is 32.8 Å². The molecule has 32 heavy (non-hydrogen) atoms. The van der Waals surface area contributed by atoms with Gasteiger partial charge in [0.2, 0.25) is 0 Å². The van der Waals surface area contributed by atoms with Crippen LogP contribution in [0.2, 0.25) is 0 Å². The van der Waals surface area contributed by atoms with Gasteiger partial charge in [-0.15, -0.1) is 0 Å². The van der Waals surface area contributed by atoms with Crippen molar-refractivity contribution >= 4 is 0 Å². The van der Waals surface area contributed by atoms with Gasteiger partial charge in [-0.1, -0.05) is 91.0 Å². The maximum Gasteiger partial charge on any atom is 0.157 e. The fourth-order valence-electron chi connectivity index (χ4n) is 3.83. The number of ether oxygens (including phenoxy) is 4. The molecule has 0 radical (unpaired) electrons. The van der Waals surface area contributed by atoms with E-state index in [9.17, 15) is 5.11 Å². The Morgan fingerprint density at radius 1 is 0.688 bits per heavy atom. The average molecular weight is 435 g/mol. The zero-order chi connectivity index (χ0) is 22.0. The van der Waals surface area contributed by atoms with Gasteiger partial charge in [0.25, 0.3) is 0 Å². The molecule has 4 atom stereocenters. The number of aliphatic hydroxyl groups is 1. The second kappa shape index (κ2) is 11.9. The molecule has 4 rings (SSSR count). The highest BCUT2D eigenvalue weighted by Crippen LogP contribution is 2.27. The van der Waals surface area contributed by atoms with Crippen molar-refractivity contribution in [2.45, 2.75) is 50.8 Å². The first-order valence-corrected chi connectivity index (χ1v) is 11.0. The maximum absolute atomic E-state index is 10.4. The summed E-state index contributed by atoms with van der Waals surface area (Å²) in [6, 6.07) is 30.0. The molecule has 1 saturated heterocycles. The molecule has 0 aliphatic carbocycles. The Bertz CT molecular complexity index is 903. The summed E-state index contributed by atoms with van der Waals surface area (Å²) in [5, 5.41) is 10.4. The van der Waals surface area contributed by atoms with E-state index in [1.54, 1.807) is 0 Å². The number of hydrogen-bond acceptors (Lipinski definition) is 5. The van der Waals surface area contributed by atoms with E-state index >= 15 is 0 Å². The van der Waals surface area contributed by atoms with Gasteiger partial charge < -0.3 is 24.1 Å². The van der Waals surface area contributed by atoms with Crippen LogP contribution >= 0.6 is 0 Å². The molecular formula is C27H30O5. The molecule has 5 heteroatoms. The van der Waals surface area contributed by atoms with E-state index in [2.05, 4.69) is 0 Å². The summed E-state index contributed by atoms with van der Waals surface area (Å²) in [5.74, 6) is 0. The van der Waals surface area contributed by atoms with E-state index in [1.807, 2.05) is 91.0 Å². The van der Waals surface area contributed by atoms with E-state index < -0.39 is 12.4 Å². The SMILES string of the molecule is OC1CC(OCc2ccccc2)[C@H](OCc2ccccc2)C(COCc2ccccc2)O1. The molecule has 1 aliphatic heterocycles. The van der Waals surface area contributed by atoms with Crippen molar-refractivity contribution in [2.75, 3.05) is 6.61 Å². The van der Waals surface area contributed by atoms with Gasteiger partial charge in [0.05, 0.1) is 32.5 Å². The summed E-state index contributed by atoms with van der Waals surface area (Å²) in [7, 11) is 0. The van der Waals surface area contributed by atoms with Crippen molar-refractivity contribution in [3.8, 4) is 0 Å². The lowest BCUT2D eigenvalue weighted by Gasteiger charge is -2.39. The predicted octanol–water partition coefficient (Wildman–Crippen LogP) is 4.48. The molecule has 3 aromatic rings. The molecule has 1 aliphatic rings. The molecule has 0 bridgehead atoms. The summed E-state index contributed by atoms with van der Waals surface area (Å²) < 4.78 is 24.3. The van der Waals surface area contributed by atoms with Crippen LogP contribution in [0.3, 0.4) is 0 Å². The van der Waals surface area contributed by atoms with Gasteiger partial charge in [-0.3, -0.25) is 0 Å². The van der Waals surface area contributed by atoms with Gasteiger partial charge in [-0.05, 0) is 16.7 Å². The Kier molecular flexibility index (Phi) is 8.42.